The van der Waals surface area contributed by atoms with E-state index >= 15 is 0 Å². The van der Waals surface area contributed by atoms with Gasteiger partial charge in [-0.05, 0) is 117 Å². The number of pyridine rings is 1. The summed E-state index contributed by atoms with van der Waals surface area (Å²) in [4.78, 5) is 6.88. The van der Waals surface area contributed by atoms with Gasteiger partial charge in [0.1, 0.15) is 11.8 Å². The molecule has 2 atom stereocenters. The number of aromatic nitrogens is 2. The fourth-order valence-electron chi connectivity index (χ4n) is 5.47. The van der Waals surface area contributed by atoms with Crippen molar-refractivity contribution in [2.45, 2.75) is 50.8 Å². The van der Waals surface area contributed by atoms with Gasteiger partial charge in [-0.3, -0.25) is 4.98 Å². The highest BCUT2D eigenvalue weighted by atomic mass is 35.5. The van der Waals surface area contributed by atoms with Gasteiger partial charge < -0.3 is 19.5 Å². The van der Waals surface area contributed by atoms with Gasteiger partial charge in [0, 0.05) is 34.5 Å². The number of hydrogen-bond acceptors (Lipinski definition) is 3. The van der Waals surface area contributed by atoms with Crippen molar-refractivity contribution in [1.82, 2.24) is 14.9 Å². The van der Waals surface area contributed by atoms with Crippen LogP contribution in [-0.2, 0) is 0 Å². The molecule has 4 aromatic rings. The minimum absolute atomic E-state index is 0.116. The molecule has 5 nitrogen and oxygen atoms in total. The summed E-state index contributed by atoms with van der Waals surface area (Å²) >= 11 is 12.3. The number of nitrogens with one attached hydrogen (secondary N) is 1. The third kappa shape index (κ3) is 4.72. The molecule has 37 heavy (non-hydrogen) atoms. The number of thiocarbonyl (C=S) groups is 1. The number of aryl methyl sites for hydroxylation is 1. The molecule has 1 saturated heterocycles. The second kappa shape index (κ2) is 10.2. The highest BCUT2D eigenvalue weighted by Gasteiger charge is 2.42. The van der Waals surface area contributed by atoms with Gasteiger partial charge in [0.15, 0.2) is 5.11 Å². The highest BCUT2D eigenvalue weighted by Crippen LogP contribution is 2.42. The van der Waals surface area contributed by atoms with E-state index in [9.17, 15) is 0 Å². The number of ether oxygens (including phenoxy) is 1. The lowest BCUT2D eigenvalue weighted by Crippen LogP contribution is -2.30. The zero-order valence-corrected chi connectivity index (χ0v) is 22.3. The van der Waals surface area contributed by atoms with Crippen LogP contribution < -0.4 is 15.0 Å². The third-order valence-corrected chi connectivity index (χ3v) is 8.06. The van der Waals surface area contributed by atoms with Crippen LogP contribution in [0.25, 0.3) is 5.69 Å². The molecule has 0 unspecified atom stereocenters. The lowest BCUT2D eigenvalue weighted by molar-refractivity contribution is 0.210. The molecule has 3 heterocycles. The average molecular weight is 529 g/mol. The van der Waals surface area contributed by atoms with E-state index in [1.54, 1.807) is 0 Å². The molecular weight excluding hydrogens is 500 g/mol. The first-order valence-electron chi connectivity index (χ1n) is 12.8. The van der Waals surface area contributed by atoms with Gasteiger partial charge in [0.2, 0.25) is 0 Å². The first kappa shape index (κ1) is 24.0. The zero-order valence-electron chi connectivity index (χ0n) is 20.7. The Morgan fingerprint density at radius 3 is 2.49 bits per heavy atom. The minimum atomic E-state index is -0.120. The van der Waals surface area contributed by atoms with Crippen LogP contribution in [0.15, 0.2) is 85.2 Å². The second-order valence-corrected chi connectivity index (χ2v) is 10.5. The van der Waals surface area contributed by atoms with Crippen LogP contribution in [0.3, 0.4) is 0 Å². The Morgan fingerprint density at radius 1 is 0.973 bits per heavy atom. The van der Waals surface area contributed by atoms with E-state index in [1.807, 2.05) is 31.3 Å². The SMILES string of the molecule is Cc1cc(-n2cccc2[C@@H]2[C@H](c3ccccn3)NC(=S)N2c2ccc(OC3CCCC3)cc2)ccc1Cl. The molecule has 2 fully saturated rings. The highest BCUT2D eigenvalue weighted by molar-refractivity contribution is 7.80. The van der Waals surface area contributed by atoms with Crippen molar-refractivity contribution in [2.75, 3.05) is 4.90 Å². The summed E-state index contributed by atoms with van der Waals surface area (Å²) in [7, 11) is 0. The number of halogens is 1. The number of rotatable bonds is 6. The smallest absolute Gasteiger partial charge is 0.174 e. The summed E-state index contributed by atoms with van der Waals surface area (Å²) in [6.07, 6.45) is 9.02. The molecule has 7 heteroatoms. The Labute approximate surface area is 228 Å². The van der Waals surface area contributed by atoms with Crippen molar-refractivity contribution < 1.29 is 4.74 Å². The molecule has 0 spiro atoms. The van der Waals surface area contributed by atoms with Crippen LogP contribution in [0.1, 0.15) is 54.7 Å². The fourth-order valence-corrected chi connectivity index (χ4v) is 5.93. The molecule has 0 amide bonds. The summed E-state index contributed by atoms with van der Waals surface area (Å²) < 4.78 is 8.43. The molecule has 1 N–H and O–H groups in total. The Bertz CT molecular complexity index is 1400. The van der Waals surface area contributed by atoms with E-state index in [4.69, 9.17) is 28.6 Å². The van der Waals surface area contributed by atoms with Crippen molar-refractivity contribution in [3.8, 4) is 11.4 Å². The van der Waals surface area contributed by atoms with Gasteiger partial charge in [0.05, 0.1) is 17.8 Å². The summed E-state index contributed by atoms with van der Waals surface area (Å²) in [5.41, 5.74) is 5.16. The van der Waals surface area contributed by atoms with E-state index in [0.29, 0.717) is 11.2 Å². The van der Waals surface area contributed by atoms with Gasteiger partial charge in [-0.1, -0.05) is 17.7 Å². The first-order chi connectivity index (χ1) is 18.1. The molecule has 1 aliphatic heterocycles. The van der Waals surface area contributed by atoms with Gasteiger partial charge in [-0.2, -0.15) is 0 Å². The molecule has 2 aliphatic rings. The molecule has 6 rings (SSSR count). The summed E-state index contributed by atoms with van der Waals surface area (Å²) in [6, 6.07) is 24.4. The van der Waals surface area contributed by atoms with Gasteiger partial charge in [-0.15, -0.1) is 0 Å². The normalized spacial score (nSPS) is 19.8. The van der Waals surface area contributed by atoms with E-state index in [1.165, 1.54) is 12.8 Å². The van der Waals surface area contributed by atoms with Crippen LogP contribution in [-0.4, -0.2) is 20.8 Å². The Morgan fingerprint density at radius 2 is 1.76 bits per heavy atom. The maximum absolute atomic E-state index is 6.34. The maximum Gasteiger partial charge on any atom is 0.174 e. The molecule has 1 aliphatic carbocycles. The van der Waals surface area contributed by atoms with Gasteiger partial charge >= 0.3 is 0 Å². The van der Waals surface area contributed by atoms with Crippen LogP contribution in [0.2, 0.25) is 5.02 Å². The number of hydrogen-bond donors (Lipinski definition) is 1. The lowest BCUT2D eigenvalue weighted by atomic mass is 10.0. The van der Waals surface area contributed by atoms with Crippen molar-refractivity contribution in [1.29, 1.82) is 0 Å². The third-order valence-electron chi connectivity index (χ3n) is 7.32. The number of anilines is 1. The molecule has 1 saturated carbocycles. The van der Waals surface area contributed by atoms with Crippen LogP contribution in [0.5, 0.6) is 5.75 Å². The summed E-state index contributed by atoms with van der Waals surface area (Å²) in [5, 5.41) is 4.99. The van der Waals surface area contributed by atoms with Gasteiger partial charge in [-0.25, -0.2) is 0 Å². The predicted molar refractivity (Wildman–Crippen MR) is 153 cm³/mol. The van der Waals surface area contributed by atoms with Crippen molar-refractivity contribution in [3.63, 3.8) is 0 Å². The largest absolute Gasteiger partial charge is 0.490 e. The van der Waals surface area contributed by atoms with E-state index < -0.39 is 0 Å². The summed E-state index contributed by atoms with van der Waals surface area (Å²) in [6.45, 7) is 2.03. The molecule has 188 valence electrons. The fraction of sp³-hybridized carbons (Fsp3) is 0.267. The Balaban J connectivity index is 1.40. The van der Waals surface area contributed by atoms with E-state index in [0.717, 1.165) is 51.9 Å². The second-order valence-electron chi connectivity index (χ2n) is 9.75. The first-order valence-corrected chi connectivity index (χ1v) is 13.6. The average Bonchev–Trinajstić information content (AvgIpc) is 3.67. The van der Waals surface area contributed by atoms with Crippen LogP contribution in [0, 0.1) is 6.92 Å². The molecule has 0 bridgehead atoms. The van der Waals surface area contributed by atoms with Crippen LogP contribution >= 0.6 is 23.8 Å². The molecule has 2 aromatic heterocycles. The van der Waals surface area contributed by atoms with Crippen molar-refractivity contribution >= 4 is 34.6 Å². The lowest BCUT2D eigenvalue weighted by Gasteiger charge is -2.29. The molecule has 2 aromatic carbocycles. The predicted octanol–water partition coefficient (Wildman–Crippen LogP) is 7.33. The monoisotopic (exact) mass is 528 g/mol. The van der Waals surface area contributed by atoms with E-state index in [-0.39, 0.29) is 12.1 Å². The van der Waals surface area contributed by atoms with Gasteiger partial charge in [0.25, 0.3) is 0 Å². The quantitative estimate of drug-likeness (QED) is 0.265. The van der Waals surface area contributed by atoms with Crippen LogP contribution in [0.4, 0.5) is 5.69 Å². The Kier molecular flexibility index (Phi) is 6.61. The molecular formula is C30H29ClN4OS. The standard InChI is InChI=1S/C30H29ClN4OS/c1-20-19-22(13-16-25(20)31)34-18-6-10-27(34)29-28(26-9-4-5-17-32-26)33-30(37)35(29)21-11-14-24(15-12-21)36-23-7-2-3-8-23/h4-6,9-19,23,28-29H,2-3,7-8H2,1H3,(H,33,37)/t28-,29+/m0/s1. The topological polar surface area (TPSA) is 42.3 Å². The maximum atomic E-state index is 6.34. The number of nitrogens with zero attached hydrogens (tertiary/aromatic N) is 3. The minimum Gasteiger partial charge on any atom is -0.490 e. The van der Waals surface area contributed by atoms with Crippen molar-refractivity contribution in [2.24, 2.45) is 0 Å². The summed E-state index contributed by atoms with van der Waals surface area (Å²) in [5.74, 6) is 0.909. The van der Waals surface area contributed by atoms with E-state index in [2.05, 4.69) is 80.6 Å². The zero-order chi connectivity index (χ0) is 25.4. The Hall–Kier alpha value is -3.35. The van der Waals surface area contributed by atoms with Crippen molar-refractivity contribution in [3.05, 3.63) is 107 Å². The molecule has 0 radical (unpaired) electrons. The number of benzene rings is 2.